The summed E-state index contributed by atoms with van der Waals surface area (Å²) < 4.78 is 0. The Balaban J connectivity index is 1.80. The summed E-state index contributed by atoms with van der Waals surface area (Å²) in [6.45, 7) is 10.2. The second-order valence-electron chi connectivity index (χ2n) is 7.31. The standard InChI is InChI=1S/C19H23NO2/c1-12(21)14-5-7-16(8-6-14)20-17(22)19-10-9-15(11-19)18(3,4)13(19)2/h5-8,15H,2,9-11H2,1,3-4H3,(H,20,22)/t15-,19+/m1/s1. The summed E-state index contributed by atoms with van der Waals surface area (Å²) in [4.78, 5) is 24.2. The van der Waals surface area contributed by atoms with Gasteiger partial charge in [0, 0.05) is 11.3 Å². The van der Waals surface area contributed by atoms with Gasteiger partial charge in [-0.2, -0.15) is 0 Å². The van der Waals surface area contributed by atoms with Crippen LogP contribution in [0.25, 0.3) is 0 Å². The molecule has 0 radical (unpaired) electrons. The number of Topliss-reactive ketones (excluding diaryl/α,β-unsaturated/α-hetero) is 1. The van der Waals surface area contributed by atoms with Crippen LogP contribution in [0, 0.1) is 16.7 Å². The van der Waals surface area contributed by atoms with Crippen molar-refractivity contribution >= 4 is 17.4 Å². The smallest absolute Gasteiger partial charge is 0.234 e. The molecule has 22 heavy (non-hydrogen) atoms. The molecule has 2 atom stereocenters. The Bertz CT molecular complexity index is 657. The molecular formula is C19H23NO2. The second kappa shape index (κ2) is 4.80. The number of hydrogen-bond donors (Lipinski definition) is 1. The number of anilines is 1. The fourth-order valence-electron chi connectivity index (χ4n) is 4.18. The predicted octanol–water partition coefficient (Wildman–Crippen LogP) is 4.21. The van der Waals surface area contributed by atoms with Crippen molar-refractivity contribution in [2.75, 3.05) is 5.32 Å². The highest BCUT2D eigenvalue weighted by Crippen LogP contribution is 2.65. The summed E-state index contributed by atoms with van der Waals surface area (Å²) in [7, 11) is 0. The van der Waals surface area contributed by atoms with E-state index in [1.807, 2.05) is 0 Å². The van der Waals surface area contributed by atoms with Crippen LogP contribution in [0.2, 0.25) is 0 Å². The van der Waals surface area contributed by atoms with Crippen LogP contribution in [0.4, 0.5) is 5.69 Å². The molecule has 0 unspecified atom stereocenters. The molecule has 0 spiro atoms. The summed E-state index contributed by atoms with van der Waals surface area (Å²) in [6.07, 6.45) is 2.91. The van der Waals surface area contributed by atoms with E-state index in [2.05, 4.69) is 25.7 Å². The van der Waals surface area contributed by atoms with Crippen molar-refractivity contribution in [1.82, 2.24) is 0 Å². The highest BCUT2D eigenvalue weighted by molar-refractivity contribution is 5.99. The zero-order valence-electron chi connectivity index (χ0n) is 13.5. The van der Waals surface area contributed by atoms with Crippen LogP contribution in [0.1, 0.15) is 50.4 Å². The molecule has 0 heterocycles. The SMILES string of the molecule is C=C1C(C)(C)[C@@H]2CC[C@]1(C(=O)Nc1ccc(C(C)=O)cc1)C2. The van der Waals surface area contributed by atoms with Gasteiger partial charge in [0.25, 0.3) is 0 Å². The van der Waals surface area contributed by atoms with Gasteiger partial charge in [0.05, 0.1) is 5.41 Å². The third kappa shape index (κ3) is 2.03. The van der Waals surface area contributed by atoms with Crippen molar-refractivity contribution < 1.29 is 9.59 Å². The molecule has 2 bridgehead atoms. The Morgan fingerprint density at radius 2 is 1.86 bits per heavy atom. The van der Waals surface area contributed by atoms with Crippen molar-refractivity contribution in [2.45, 2.75) is 40.0 Å². The summed E-state index contributed by atoms with van der Waals surface area (Å²) >= 11 is 0. The number of carbonyl (C=O) groups is 2. The third-order valence-corrected chi connectivity index (χ3v) is 5.87. The van der Waals surface area contributed by atoms with Crippen molar-refractivity contribution in [2.24, 2.45) is 16.7 Å². The zero-order chi connectivity index (χ0) is 16.1. The third-order valence-electron chi connectivity index (χ3n) is 5.87. The molecule has 116 valence electrons. The molecule has 3 heteroatoms. The number of amides is 1. The van der Waals surface area contributed by atoms with Crippen LogP contribution >= 0.6 is 0 Å². The molecular weight excluding hydrogens is 274 g/mol. The van der Waals surface area contributed by atoms with Gasteiger partial charge in [0.2, 0.25) is 5.91 Å². The Morgan fingerprint density at radius 1 is 1.23 bits per heavy atom. The van der Waals surface area contributed by atoms with Gasteiger partial charge in [-0.1, -0.05) is 26.0 Å². The van der Waals surface area contributed by atoms with Gasteiger partial charge in [-0.15, -0.1) is 0 Å². The van der Waals surface area contributed by atoms with E-state index in [0.717, 1.165) is 30.5 Å². The fraction of sp³-hybridized carbons (Fsp3) is 0.474. The van der Waals surface area contributed by atoms with Gasteiger partial charge in [-0.25, -0.2) is 0 Å². The molecule has 2 fully saturated rings. The van der Waals surface area contributed by atoms with Crippen molar-refractivity contribution in [1.29, 1.82) is 0 Å². The minimum Gasteiger partial charge on any atom is -0.325 e. The van der Waals surface area contributed by atoms with Crippen molar-refractivity contribution in [3.8, 4) is 0 Å². The first-order valence-electron chi connectivity index (χ1n) is 7.90. The maximum atomic E-state index is 12.9. The molecule has 2 saturated carbocycles. The van der Waals surface area contributed by atoms with E-state index in [9.17, 15) is 9.59 Å². The normalized spacial score (nSPS) is 28.7. The van der Waals surface area contributed by atoms with E-state index in [-0.39, 0.29) is 17.1 Å². The molecule has 2 aliphatic carbocycles. The van der Waals surface area contributed by atoms with E-state index in [0.29, 0.717) is 11.5 Å². The Hall–Kier alpha value is -1.90. The number of hydrogen-bond acceptors (Lipinski definition) is 2. The predicted molar refractivity (Wildman–Crippen MR) is 87.8 cm³/mol. The lowest BCUT2D eigenvalue weighted by atomic mass is 9.68. The van der Waals surface area contributed by atoms with Crippen molar-refractivity contribution in [3.05, 3.63) is 42.0 Å². The summed E-state index contributed by atoms with van der Waals surface area (Å²) in [5, 5.41) is 3.03. The Labute approximate surface area is 131 Å². The number of ketones is 1. The summed E-state index contributed by atoms with van der Waals surface area (Å²) in [5.74, 6) is 0.646. The first-order valence-corrected chi connectivity index (χ1v) is 7.90. The Morgan fingerprint density at radius 3 is 2.36 bits per heavy atom. The lowest BCUT2D eigenvalue weighted by molar-refractivity contribution is -0.123. The maximum absolute atomic E-state index is 12.9. The number of rotatable bonds is 3. The van der Waals surface area contributed by atoms with Gasteiger partial charge >= 0.3 is 0 Å². The van der Waals surface area contributed by atoms with E-state index in [1.165, 1.54) is 6.92 Å². The van der Waals surface area contributed by atoms with E-state index in [4.69, 9.17) is 0 Å². The number of nitrogens with one attached hydrogen (secondary N) is 1. The van der Waals surface area contributed by atoms with E-state index in [1.54, 1.807) is 24.3 Å². The molecule has 3 rings (SSSR count). The highest BCUT2D eigenvalue weighted by Gasteiger charge is 2.60. The first-order chi connectivity index (χ1) is 10.3. The topological polar surface area (TPSA) is 46.2 Å². The van der Waals surface area contributed by atoms with E-state index >= 15 is 0 Å². The minimum atomic E-state index is -0.409. The monoisotopic (exact) mass is 297 g/mol. The van der Waals surface area contributed by atoms with Crippen LogP contribution < -0.4 is 5.32 Å². The summed E-state index contributed by atoms with van der Waals surface area (Å²) in [6, 6.07) is 7.09. The largest absolute Gasteiger partial charge is 0.325 e. The van der Waals surface area contributed by atoms with Gasteiger partial charge in [0.1, 0.15) is 0 Å². The molecule has 1 aromatic rings. The quantitative estimate of drug-likeness (QED) is 0.671. The lowest BCUT2D eigenvalue weighted by Crippen LogP contribution is -2.37. The molecule has 2 aliphatic rings. The molecule has 3 nitrogen and oxygen atoms in total. The van der Waals surface area contributed by atoms with Crippen LogP contribution in [0.15, 0.2) is 36.4 Å². The van der Waals surface area contributed by atoms with E-state index < -0.39 is 5.41 Å². The lowest BCUT2D eigenvalue weighted by Gasteiger charge is -2.37. The fourth-order valence-corrected chi connectivity index (χ4v) is 4.18. The van der Waals surface area contributed by atoms with Crippen LogP contribution in [-0.4, -0.2) is 11.7 Å². The van der Waals surface area contributed by atoms with Gasteiger partial charge < -0.3 is 5.32 Å². The molecule has 1 amide bonds. The van der Waals surface area contributed by atoms with Gasteiger partial charge in [0.15, 0.2) is 5.78 Å². The zero-order valence-corrected chi connectivity index (χ0v) is 13.5. The number of carbonyl (C=O) groups excluding carboxylic acids is 2. The minimum absolute atomic E-state index is 0.0287. The average Bonchev–Trinajstić information content (AvgIpc) is 3.00. The number of benzene rings is 1. The highest BCUT2D eigenvalue weighted by atomic mass is 16.2. The molecule has 0 aliphatic heterocycles. The van der Waals surface area contributed by atoms with Gasteiger partial charge in [-0.05, 0) is 61.8 Å². The average molecular weight is 297 g/mol. The molecule has 1 aromatic carbocycles. The summed E-state index contributed by atoms with van der Waals surface area (Å²) in [5.41, 5.74) is 2.12. The molecule has 0 saturated heterocycles. The van der Waals surface area contributed by atoms with Crippen LogP contribution in [-0.2, 0) is 4.79 Å². The second-order valence-corrected chi connectivity index (χ2v) is 7.31. The Kier molecular flexibility index (Phi) is 3.28. The van der Waals surface area contributed by atoms with Crippen molar-refractivity contribution in [3.63, 3.8) is 0 Å². The molecule has 0 aromatic heterocycles. The first kappa shape index (κ1) is 15.0. The van der Waals surface area contributed by atoms with Gasteiger partial charge in [-0.3, -0.25) is 9.59 Å². The molecule has 1 N–H and O–H groups in total. The van der Waals surface area contributed by atoms with Crippen LogP contribution in [0.3, 0.4) is 0 Å². The van der Waals surface area contributed by atoms with Crippen LogP contribution in [0.5, 0.6) is 0 Å². The number of fused-ring (bicyclic) bond motifs is 2. The maximum Gasteiger partial charge on any atom is 0.234 e.